The summed E-state index contributed by atoms with van der Waals surface area (Å²) in [7, 11) is 0. The Labute approximate surface area is 125 Å². The van der Waals surface area contributed by atoms with E-state index in [0.717, 1.165) is 12.8 Å². The second-order valence-electron chi connectivity index (χ2n) is 4.99. The summed E-state index contributed by atoms with van der Waals surface area (Å²) in [6.07, 6.45) is 1.88. The van der Waals surface area contributed by atoms with Crippen molar-refractivity contribution < 1.29 is 18.3 Å². The van der Waals surface area contributed by atoms with Gasteiger partial charge in [-0.15, -0.1) is 0 Å². The highest BCUT2D eigenvalue weighted by Gasteiger charge is 2.24. The van der Waals surface area contributed by atoms with Crippen LogP contribution in [0.5, 0.6) is 5.75 Å². The van der Waals surface area contributed by atoms with Gasteiger partial charge in [-0.2, -0.15) is 8.78 Å². The Hall–Kier alpha value is -1.17. The zero-order valence-electron chi connectivity index (χ0n) is 11.1. The van der Waals surface area contributed by atoms with Gasteiger partial charge in [0.2, 0.25) is 0 Å². The quantitative estimate of drug-likeness (QED) is 0.829. The highest BCUT2D eigenvalue weighted by atomic mass is 79.9. The number of piperidine rings is 1. The third kappa shape index (κ3) is 3.69. The van der Waals surface area contributed by atoms with Gasteiger partial charge in [0.1, 0.15) is 5.75 Å². The van der Waals surface area contributed by atoms with Crippen molar-refractivity contribution >= 4 is 21.8 Å². The van der Waals surface area contributed by atoms with Crippen LogP contribution in [0.1, 0.15) is 30.1 Å². The first-order valence-electron chi connectivity index (χ1n) is 6.51. The predicted molar refractivity (Wildman–Crippen MR) is 75.1 cm³/mol. The predicted octanol–water partition coefficient (Wildman–Crippen LogP) is 3.92. The molecule has 1 fully saturated rings. The van der Waals surface area contributed by atoms with Crippen molar-refractivity contribution in [3.63, 3.8) is 0 Å². The van der Waals surface area contributed by atoms with Crippen molar-refractivity contribution in [2.24, 2.45) is 5.92 Å². The van der Waals surface area contributed by atoms with E-state index < -0.39 is 6.61 Å². The van der Waals surface area contributed by atoms with E-state index in [-0.39, 0.29) is 17.2 Å². The van der Waals surface area contributed by atoms with Crippen LogP contribution in [0.15, 0.2) is 22.7 Å². The van der Waals surface area contributed by atoms with Crippen LogP contribution in [-0.4, -0.2) is 30.5 Å². The summed E-state index contributed by atoms with van der Waals surface area (Å²) < 4.78 is 29.9. The average Bonchev–Trinajstić information content (AvgIpc) is 2.38. The molecule has 0 aliphatic carbocycles. The molecule has 1 saturated heterocycles. The molecule has 1 aromatic rings. The second-order valence-corrected chi connectivity index (χ2v) is 5.91. The normalized spacial score (nSPS) is 16.6. The summed E-state index contributed by atoms with van der Waals surface area (Å²) in [5, 5.41) is 0. The highest BCUT2D eigenvalue weighted by molar-refractivity contribution is 9.10. The Balaban J connectivity index is 2.20. The van der Waals surface area contributed by atoms with Crippen molar-refractivity contribution in [2.75, 3.05) is 13.1 Å². The lowest BCUT2D eigenvalue weighted by molar-refractivity contribution is -0.0503. The molecule has 0 atom stereocenters. The van der Waals surface area contributed by atoms with Crippen molar-refractivity contribution in [3.8, 4) is 5.75 Å². The molecule has 0 aromatic heterocycles. The maximum absolute atomic E-state index is 12.4. The summed E-state index contributed by atoms with van der Waals surface area (Å²) in [5.74, 6) is 0.263. The van der Waals surface area contributed by atoms with Gasteiger partial charge in [-0.1, -0.05) is 22.9 Å². The van der Waals surface area contributed by atoms with Crippen LogP contribution in [0.4, 0.5) is 8.78 Å². The first-order chi connectivity index (χ1) is 9.47. The molecule has 1 heterocycles. The van der Waals surface area contributed by atoms with E-state index in [1.165, 1.54) is 12.1 Å². The van der Waals surface area contributed by atoms with Gasteiger partial charge in [0.05, 0.1) is 5.56 Å². The molecule has 1 aliphatic rings. The van der Waals surface area contributed by atoms with E-state index in [4.69, 9.17) is 0 Å². The minimum absolute atomic E-state index is 0.0852. The molecular formula is C14H16BrF2NO2. The number of nitrogens with zero attached hydrogens (tertiary/aromatic N) is 1. The fourth-order valence-corrected chi connectivity index (χ4v) is 2.59. The molecule has 1 amide bonds. The first-order valence-corrected chi connectivity index (χ1v) is 7.30. The monoisotopic (exact) mass is 347 g/mol. The lowest BCUT2D eigenvalue weighted by Gasteiger charge is -2.30. The molecule has 6 heteroatoms. The van der Waals surface area contributed by atoms with E-state index in [9.17, 15) is 13.6 Å². The Morgan fingerprint density at radius 3 is 2.65 bits per heavy atom. The lowest BCUT2D eigenvalue weighted by Crippen LogP contribution is -2.38. The highest BCUT2D eigenvalue weighted by Crippen LogP contribution is 2.28. The Bertz CT molecular complexity index is 488. The van der Waals surface area contributed by atoms with Crippen LogP contribution in [0.25, 0.3) is 0 Å². The molecule has 0 unspecified atom stereocenters. The molecule has 3 nitrogen and oxygen atoms in total. The number of halogens is 3. The summed E-state index contributed by atoms with van der Waals surface area (Å²) in [4.78, 5) is 14.1. The number of likely N-dealkylation sites (tertiary alicyclic amines) is 1. The Morgan fingerprint density at radius 1 is 1.40 bits per heavy atom. The molecule has 0 radical (unpaired) electrons. The zero-order valence-corrected chi connectivity index (χ0v) is 12.7. The number of hydrogen-bond acceptors (Lipinski definition) is 2. The minimum atomic E-state index is -2.95. The van der Waals surface area contributed by atoms with Crippen molar-refractivity contribution in [1.29, 1.82) is 0 Å². The van der Waals surface area contributed by atoms with Crippen LogP contribution in [0.3, 0.4) is 0 Å². The van der Waals surface area contributed by atoms with Crippen LogP contribution in [0, 0.1) is 5.92 Å². The summed E-state index contributed by atoms with van der Waals surface area (Å²) in [6.45, 7) is 0.512. The maximum Gasteiger partial charge on any atom is 0.387 e. The van der Waals surface area contributed by atoms with Gasteiger partial charge in [-0.25, -0.2) is 0 Å². The molecule has 0 bridgehead atoms. The molecule has 110 valence electrons. The molecule has 2 rings (SSSR count). The molecule has 0 N–H and O–H groups in total. The number of alkyl halides is 2. The molecule has 20 heavy (non-hydrogen) atoms. The van der Waals surface area contributed by atoms with Crippen LogP contribution in [-0.2, 0) is 0 Å². The van der Waals surface area contributed by atoms with Crippen LogP contribution in [0.2, 0.25) is 0 Å². The summed E-state index contributed by atoms with van der Waals surface area (Å²) in [6, 6.07) is 4.56. The number of rotatable bonds is 3. The van der Waals surface area contributed by atoms with Gasteiger partial charge in [-0.05, 0) is 37.0 Å². The zero-order chi connectivity index (χ0) is 14.7. The largest absolute Gasteiger partial charge is 0.434 e. The number of carbonyl (C=O) groups excluding carboxylic acids is 1. The fourth-order valence-electron chi connectivity index (χ4n) is 2.25. The summed E-state index contributed by atoms with van der Waals surface area (Å²) in [5.41, 5.74) is 0.183. The number of hydrogen-bond donors (Lipinski definition) is 0. The number of carbonyl (C=O) groups is 1. The third-order valence-electron chi connectivity index (χ3n) is 3.46. The van der Waals surface area contributed by atoms with Gasteiger partial charge in [0.15, 0.2) is 0 Å². The Kier molecular flexibility index (Phi) is 4.96. The van der Waals surface area contributed by atoms with E-state index in [1.807, 2.05) is 0 Å². The molecule has 0 saturated carbocycles. The fraction of sp³-hybridized carbons (Fsp3) is 0.500. The maximum atomic E-state index is 12.4. The van der Waals surface area contributed by atoms with E-state index in [1.54, 1.807) is 11.0 Å². The van der Waals surface area contributed by atoms with E-state index in [0.29, 0.717) is 23.5 Å². The van der Waals surface area contributed by atoms with E-state index in [2.05, 4.69) is 27.6 Å². The smallest absolute Gasteiger partial charge is 0.387 e. The van der Waals surface area contributed by atoms with Gasteiger partial charge < -0.3 is 9.64 Å². The number of ether oxygens (including phenoxy) is 1. The van der Waals surface area contributed by atoms with Gasteiger partial charge >= 0.3 is 6.61 Å². The molecule has 1 aliphatic heterocycles. The lowest BCUT2D eigenvalue weighted by atomic mass is 9.98. The standard InChI is InChI=1S/C14H16BrF2NO2/c1-9-4-6-18(7-5-9)13(19)11-3-2-10(15)8-12(11)20-14(16)17/h2-3,8-9,14H,4-7H2,1H3. The average molecular weight is 348 g/mol. The molecule has 0 spiro atoms. The second kappa shape index (κ2) is 6.52. The van der Waals surface area contributed by atoms with Crippen LogP contribution < -0.4 is 4.74 Å². The van der Waals surface area contributed by atoms with E-state index >= 15 is 0 Å². The van der Waals surface area contributed by atoms with Gasteiger partial charge in [0.25, 0.3) is 5.91 Å². The Morgan fingerprint density at radius 2 is 2.05 bits per heavy atom. The SMILES string of the molecule is CC1CCN(C(=O)c2ccc(Br)cc2OC(F)F)CC1. The van der Waals surface area contributed by atoms with Gasteiger partial charge in [0, 0.05) is 17.6 Å². The number of benzene rings is 1. The van der Waals surface area contributed by atoms with Gasteiger partial charge in [-0.3, -0.25) is 4.79 Å². The number of amides is 1. The van der Waals surface area contributed by atoms with Crippen molar-refractivity contribution in [1.82, 2.24) is 4.90 Å². The van der Waals surface area contributed by atoms with Crippen LogP contribution >= 0.6 is 15.9 Å². The molecular weight excluding hydrogens is 332 g/mol. The minimum Gasteiger partial charge on any atom is -0.434 e. The van der Waals surface area contributed by atoms with Crippen molar-refractivity contribution in [3.05, 3.63) is 28.2 Å². The van der Waals surface area contributed by atoms with Crippen molar-refractivity contribution in [2.45, 2.75) is 26.4 Å². The molecule has 1 aromatic carbocycles. The third-order valence-corrected chi connectivity index (χ3v) is 3.95. The topological polar surface area (TPSA) is 29.5 Å². The summed E-state index contributed by atoms with van der Waals surface area (Å²) >= 11 is 3.19. The first kappa shape index (κ1) is 15.2.